The van der Waals surface area contributed by atoms with Gasteiger partial charge in [0, 0.05) is 0 Å². The van der Waals surface area contributed by atoms with E-state index in [0.717, 1.165) is 11.1 Å². The van der Waals surface area contributed by atoms with Gasteiger partial charge in [-0.25, -0.2) is 0 Å². The Morgan fingerprint density at radius 1 is 0.810 bits per heavy atom. The molecule has 2 aromatic rings. The Balaban J connectivity index is 2.76. The molecule has 0 radical (unpaired) electrons. The molecule has 0 bridgehead atoms. The molecular formula is C19H24OSi. The zero-order valence-electron chi connectivity index (χ0n) is 13.3. The fraction of sp³-hybridized carbons (Fsp3) is 0.263. The number of rotatable bonds is 4. The highest BCUT2D eigenvalue weighted by Gasteiger charge is 2.27. The van der Waals surface area contributed by atoms with Crippen molar-refractivity contribution in [3.63, 3.8) is 0 Å². The largest absolute Gasteiger partial charge is 0.389 e. The van der Waals surface area contributed by atoms with Gasteiger partial charge in [0.2, 0.25) is 0 Å². The Kier molecular flexibility index (Phi) is 4.81. The summed E-state index contributed by atoms with van der Waals surface area (Å²) in [6, 6.07) is 20.7. The minimum Gasteiger partial charge on any atom is -0.389 e. The highest BCUT2D eigenvalue weighted by Crippen LogP contribution is 2.35. The van der Waals surface area contributed by atoms with E-state index in [1.807, 2.05) is 31.2 Å². The lowest BCUT2D eigenvalue weighted by molar-refractivity contribution is 0.254. The van der Waals surface area contributed by atoms with Crippen LogP contribution < -0.4 is 0 Å². The molecule has 0 aliphatic heterocycles. The van der Waals surface area contributed by atoms with Gasteiger partial charge in [0.15, 0.2) is 0 Å². The molecule has 1 atom stereocenters. The summed E-state index contributed by atoms with van der Waals surface area (Å²) in [6.45, 7) is 8.87. The first kappa shape index (κ1) is 15.7. The molecule has 1 unspecified atom stereocenters. The summed E-state index contributed by atoms with van der Waals surface area (Å²) in [5.74, 6) is 0. The molecule has 0 aliphatic carbocycles. The van der Waals surface area contributed by atoms with Crippen LogP contribution in [0, 0.1) is 0 Å². The van der Waals surface area contributed by atoms with E-state index in [2.05, 4.69) is 56.0 Å². The minimum absolute atomic E-state index is 0.477. The van der Waals surface area contributed by atoms with Crippen LogP contribution in [-0.4, -0.2) is 19.3 Å². The van der Waals surface area contributed by atoms with E-state index in [-0.39, 0.29) is 0 Å². The van der Waals surface area contributed by atoms with Crippen LogP contribution in [0.1, 0.15) is 18.1 Å². The first-order valence-electron chi connectivity index (χ1n) is 7.45. The molecule has 1 nitrogen and oxygen atoms in total. The molecule has 2 rings (SSSR count). The zero-order valence-corrected chi connectivity index (χ0v) is 14.3. The molecule has 0 heterocycles. The molecule has 0 spiro atoms. The molecule has 0 aliphatic rings. The summed E-state index contributed by atoms with van der Waals surface area (Å²) in [5.41, 5.74) is 3.42. The summed E-state index contributed by atoms with van der Waals surface area (Å²) in [6.07, 6.45) is -0.477. The standard InChI is InChI=1S/C19H24OSi/c1-15(20)18(16-11-7-5-8-12-16)19(21(2,3)4)17-13-9-6-10-14-17/h5-15,20H,1-4H3/b19-18+. The smallest absolute Gasteiger partial charge is 0.0789 e. The zero-order chi connectivity index (χ0) is 15.5. The molecule has 1 N–H and O–H groups in total. The monoisotopic (exact) mass is 296 g/mol. The van der Waals surface area contributed by atoms with Crippen molar-refractivity contribution in [3.8, 4) is 0 Å². The third-order valence-electron chi connectivity index (χ3n) is 3.58. The highest BCUT2D eigenvalue weighted by atomic mass is 28.3. The molecule has 2 aromatic carbocycles. The van der Waals surface area contributed by atoms with Gasteiger partial charge in [-0.05, 0) is 28.8 Å². The predicted octanol–water partition coefficient (Wildman–Crippen LogP) is 4.86. The number of aliphatic hydroxyl groups is 1. The van der Waals surface area contributed by atoms with Crippen molar-refractivity contribution >= 4 is 18.8 Å². The van der Waals surface area contributed by atoms with E-state index < -0.39 is 14.2 Å². The summed E-state index contributed by atoms with van der Waals surface area (Å²) in [5, 5.41) is 11.8. The fourth-order valence-electron chi connectivity index (χ4n) is 2.81. The van der Waals surface area contributed by atoms with E-state index in [1.54, 1.807) is 0 Å². The lowest BCUT2D eigenvalue weighted by Crippen LogP contribution is -2.26. The van der Waals surface area contributed by atoms with Crippen LogP contribution in [-0.2, 0) is 0 Å². The lowest BCUT2D eigenvalue weighted by Gasteiger charge is -2.28. The minimum atomic E-state index is -1.62. The van der Waals surface area contributed by atoms with Crippen LogP contribution >= 0.6 is 0 Å². The molecule has 0 fully saturated rings. The number of benzene rings is 2. The first-order valence-corrected chi connectivity index (χ1v) is 10.9. The Morgan fingerprint density at radius 3 is 1.62 bits per heavy atom. The van der Waals surface area contributed by atoms with Crippen LogP contribution in [0.2, 0.25) is 19.6 Å². The van der Waals surface area contributed by atoms with Crippen molar-refractivity contribution in [1.29, 1.82) is 0 Å². The maximum atomic E-state index is 10.4. The van der Waals surface area contributed by atoms with Gasteiger partial charge in [-0.1, -0.05) is 80.3 Å². The average Bonchev–Trinajstić information content (AvgIpc) is 2.44. The molecule has 2 heteroatoms. The van der Waals surface area contributed by atoms with Gasteiger partial charge < -0.3 is 5.11 Å². The van der Waals surface area contributed by atoms with E-state index >= 15 is 0 Å². The van der Waals surface area contributed by atoms with Crippen molar-refractivity contribution in [2.45, 2.75) is 32.7 Å². The Bertz CT molecular complexity index is 607. The quantitative estimate of drug-likeness (QED) is 0.631. The van der Waals surface area contributed by atoms with Crippen LogP contribution in [0.3, 0.4) is 0 Å². The first-order chi connectivity index (χ1) is 9.91. The summed E-state index contributed by atoms with van der Waals surface area (Å²) < 4.78 is 0. The van der Waals surface area contributed by atoms with Crippen molar-refractivity contribution < 1.29 is 5.11 Å². The van der Waals surface area contributed by atoms with Gasteiger partial charge >= 0.3 is 0 Å². The van der Waals surface area contributed by atoms with Crippen LogP contribution in [0.4, 0.5) is 0 Å². The molecule has 110 valence electrons. The Morgan fingerprint density at radius 2 is 1.24 bits per heavy atom. The number of aliphatic hydroxyl groups excluding tert-OH is 1. The Hall–Kier alpha value is -1.64. The summed E-state index contributed by atoms with van der Waals surface area (Å²) in [4.78, 5) is 0. The topological polar surface area (TPSA) is 20.2 Å². The third kappa shape index (κ3) is 3.72. The maximum Gasteiger partial charge on any atom is 0.0789 e. The van der Waals surface area contributed by atoms with Crippen LogP contribution in [0.15, 0.2) is 60.7 Å². The maximum absolute atomic E-state index is 10.4. The van der Waals surface area contributed by atoms with E-state index in [0.29, 0.717) is 0 Å². The summed E-state index contributed by atoms with van der Waals surface area (Å²) >= 11 is 0. The van der Waals surface area contributed by atoms with Gasteiger partial charge in [-0.3, -0.25) is 0 Å². The molecule has 0 amide bonds. The lowest BCUT2D eigenvalue weighted by atomic mass is 9.98. The summed E-state index contributed by atoms with van der Waals surface area (Å²) in [7, 11) is -1.62. The van der Waals surface area contributed by atoms with Crippen LogP contribution in [0.5, 0.6) is 0 Å². The van der Waals surface area contributed by atoms with E-state index in [4.69, 9.17) is 0 Å². The van der Waals surface area contributed by atoms with Crippen molar-refractivity contribution in [3.05, 3.63) is 71.8 Å². The van der Waals surface area contributed by atoms with E-state index in [9.17, 15) is 5.11 Å². The van der Waals surface area contributed by atoms with Gasteiger partial charge in [-0.15, -0.1) is 0 Å². The molecular weight excluding hydrogens is 272 g/mol. The Labute approximate surface area is 129 Å². The third-order valence-corrected chi connectivity index (χ3v) is 5.64. The molecule has 0 aromatic heterocycles. The number of hydrogen-bond acceptors (Lipinski definition) is 1. The molecule has 21 heavy (non-hydrogen) atoms. The highest BCUT2D eigenvalue weighted by molar-refractivity contribution is 6.95. The average molecular weight is 296 g/mol. The number of hydrogen-bond donors (Lipinski definition) is 1. The SMILES string of the molecule is CC(O)/C(=C(/c1ccccc1)[Si](C)(C)C)c1ccccc1. The molecule has 0 saturated carbocycles. The van der Waals surface area contributed by atoms with Crippen molar-refractivity contribution in [1.82, 2.24) is 0 Å². The van der Waals surface area contributed by atoms with Gasteiger partial charge in [0.05, 0.1) is 14.2 Å². The van der Waals surface area contributed by atoms with Crippen molar-refractivity contribution in [2.75, 3.05) is 0 Å². The molecule has 0 saturated heterocycles. The van der Waals surface area contributed by atoms with Gasteiger partial charge in [-0.2, -0.15) is 0 Å². The van der Waals surface area contributed by atoms with Crippen LogP contribution in [0.25, 0.3) is 10.8 Å². The normalized spacial score (nSPS) is 14.5. The second kappa shape index (κ2) is 6.42. The second-order valence-corrected chi connectivity index (χ2v) is 11.4. The predicted molar refractivity (Wildman–Crippen MR) is 94.7 cm³/mol. The van der Waals surface area contributed by atoms with Gasteiger partial charge in [0.1, 0.15) is 0 Å². The van der Waals surface area contributed by atoms with Crippen molar-refractivity contribution in [2.24, 2.45) is 0 Å². The van der Waals surface area contributed by atoms with E-state index in [1.165, 1.54) is 10.8 Å². The second-order valence-electron chi connectivity index (χ2n) is 6.45. The fourth-order valence-corrected chi connectivity index (χ4v) is 5.00. The van der Waals surface area contributed by atoms with Gasteiger partial charge in [0.25, 0.3) is 0 Å².